The van der Waals surface area contributed by atoms with Gasteiger partial charge >= 0.3 is 0 Å². The molecule has 0 atom stereocenters. The van der Waals surface area contributed by atoms with Gasteiger partial charge < -0.3 is 16.0 Å². The van der Waals surface area contributed by atoms with Crippen LogP contribution in [-0.2, 0) is 4.79 Å². The summed E-state index contributed by atoms with van der Waals surface area (Å²) in [5.41, 5.74) is 8.02. The minimum absolute atomic E-state index is 0.364. The first-order chi connectivity index (χ1) is 8.70. The number of hydrogen-bond acceptors (Lipinski definition) is 3. The number of piperazine rings is 1. The summed E-state index contributed by atoms with van der Waals surface area (Å²) in [6, 6.07) is 9.62. The lowest BCUT2D eigenvalue weighted by Gasteiger charge is -2.31. The lowest BCUT2D eigenvalue weighted by Crippen LogP contribution is -2.43. The van der Waals surface area contributed by atoms with Gasteiger partial charge in [-0.15, -0.1) is 0 Å². The number of allylic oxidation sites excluding steroid dienone is 1. The molecule has 3 N–H and O–H groups in total. The van der Waals surface area contributed by atoms with Gasteiger partial charge in [0.2, 0.25) is 0 Å². The molecule has 96 valence electrons. The zero-order valence-corrected chi connectivity index (χ0v) is 10.6. The summed E-state index contributed by atoms with van der Waals surface area (Å²) in [4.78, 5) is 13.9. The van der Waals surface area contributed by atoms with E-state index in [1.54, 1.807) is 0 Å². The molecule has 1 saturated heterocycles. The highest BCUT2D eigenvalue weighted by molar-refractivity contribution is 6.19. The van der Waals surface area contributed by atoms with E-state index >= 15 is 0 Å². The molecule has 4 nitrogen and oxygen atoms in total. The lowest BCUT2D eigenvalue weighted by atomic mass is 10.0. The van der Waals surface area contributed by atoms with Crippen LogP contribution in [0.2, 0.25) is 0 Å². The van der Waals surface area contributed by atoms with Gasteiger partial charge in [0.05, 0.1) is 5.57 Å². The second-order valence-electron chi connectivity index (χ2n) is 4.43. The van der Waals surface area contributed by atoms with Crippen LogP contribution in [0.15, 0.2) is 36.0 Å². The number of rotatable bonds is 3. The number of nitrogens with one attached hydrogen (secondary N) is 1. The molecule has 2 rings (SSSR count). The number of benzene rings is 1. The Balaban J connectivity index is 2.36. The molecule has 1 heterocycles. The van der Waals surface area contributed by atoms with Crippen LogP contribution in [0.5, 0.6) is 0 Å². The average Bonchev–Trinajstić information content (AvgIpc) is 2.40. The molecule has 1 aromatic rings. The van der Waals surface area contributed by atoms with Gasteiger partial charge in [0.15, 0.2) is 0 Å². The number of primary amides is 1. The second kappa shape index (κ2) is 5.69. The SMILES string of the molecule is CC(=C(C(N)=O)c1ccccc1)N1CCNCC1. The molecule has 0 bridgehead atoms. The third-order valence-electron chi connectivity index (χ3n) is 3.26. The van der Waals surface area contributed by atoms with E-state index in [0.717, 1.165) is 37.4 Å². The molecular weight excluding hydrogens is 226 g/mol. The molecule has 0 spiro atoms. The minimum atomic E-state index is -0.364. The Kier molecular flexibility index (Phi) is 3.99. The third kappa shape index (κ3) is 2.71. The Morgan fingerprint density at radius 2 is 1.83 bits per heavy atom. The Morgan fingerprint density at radius 1 is 1.22 bits per heavy atom. The van der Waals surface area contributed by atoms with E-state index in [1.807, 2.05) is 37.3 Å². The largest absolute Gasteiger partial charge is 0.372 e. The first-order valence-electron chi connectivity index (χ1n) is 6.22. The highest BCUT2D eigenvalue weighted by Crippen LogP contribution is 2.21. The number of carbonyl (C=O) groups excluding carboxylic acids is 1. The van der Waals surface area contributed by atoms with E-state index < -0.39 is 0 Å². The van der Waals surface area contributed by atoms with Gasteiger partial charge in [0.25, 0.3) is 5.91 Å². The predicted molar refractivity (Wildman–Crippen MR) is 72.7 cm³/mol. The monoisotopic (exact) mass is 245 g/mol. The van der Waals surface area contributed by atoms with Crippen molar-refractivity contribution in [2.75, 3.05) is 26.2 Å². The maximum absolute atomic E-state index is 11.7. The highest BCUT2D eigenvalue weighted by Gasteiger charge is 2.18. The smallest absolute Gasteiger partial charge is 0.251 e. The van der Waals surface area contributed by atoms with E-state index in [2.05, 4.69) is 10.2 Å². The van der Waals surface area contributed by atoms with Crippen molar-refractivity contribution in [2.45, 2.75) is 6.92 Å². The van der Waals surface area contributed by atoms with Crippen molar-refractivity contribution in [3.8, 4) is 0 Å². The molecule has 1 aliphatic heterocycles. The summed E-state index contributed by atoms with van der Waals surface area (Å²) >= 11 is 0. The maximum atomic E-state index is 11.7. The molecule has 4 heteroatoms. The second-order valence-corrected chi connectivity index (χ2v) is 4.43. The number of carbonyl (C=O) groups is 1. The Labute approximate surface area is 107 Å². The molecule has 1 aliphatic rings. The van der Waals surface area contributed by atoms with Gasteiger partial charge in [-0.05, 0) is 12.5 Å². The standard InChI is InChI=1S/C14H19N3O/c1-11(17-9-7-16-8-10-17)13(14(15)18)12-5-3-2-4-6-12/h2-6,16H,7-10H2,1H3,(H2,15,18). The first kappa shape index (κ1) is 12.6. The van der Waals surface area contributed by atoms with Crippen molar-refractivity contribution in [3.05, 3.63) is 41.6 Å². The molecule has 0 saturated carbocycles. The molecule has 1 aromatic carbocycles. The van der Waals surface area contributed by atoms with Gasteiger partial charge in [-0.1, -0.05) is 30.3 Å². The first-order valence-corrected chi connectivity index (χ1v) is 6.22. The van der Waals surface area contributed by atoms with Crippen LogP contribution in [-0.4, -0.2) is 37.0 Å². The molecule has 0 aliphatic carbocycles. The summed E-state index contributed by atoms with van der Waals surface area (Å²) in [6.45, 7) is 5.68. The number of amides is 1. The lowest BCUT2D eigenvalue weighted by molar-refractivity contribution is -0.112. The number of nitrogens with two attached hydrogens (primary N) is 1. The van der Waals surface area contributed by atoms with Crippen molar-refractivity contribution in [1.29, 1.82) is 0 Å². The van der Waals surface area contributed by atoms with Crippen molar-refractivity contribution in [2.24, 2.45) is 5.73 Å². The molecule has 0 radical (unpaired) electrons. The van der Waals surface area contributed by atoms with E-state index in [4.69, 9.17) is 5.73 Å². The molecule has 1 fully saturated rings. The maximum Gasteiger partial charge on any atom is 0.251 e. The summed E-state index contributed by atoms with van der Waals surface area (Å²) < 4.78 is 0. The summed E-state index contributed by atoms with van der Waals surface area (Å²) in [5, 5.41) is 3.30. The average molecular weight is 245 g/mol. The fraction of sp³-hybridized carbons (Fsp3) is 0.357. The van der Waals surface area contributed by atoms with Crippen molar-refractivity contribution in [1.82, 2.24) is 10.2 Å². The van der Waals surface area contributed by atoms with Crippen LogP contribution in [0.1, 0.15) is 12.5 Å². The molecule has 1 amide bonds. The Morgan fingerprint density at radius 3 is 2.39 bits per heavy atom. The summed E-state index contributed by atoms with van der Waals surface area (Å²) in [5.74, 6) is -0.364. The van der Waals surface area contributed by atoms with Gasteiger partial charge in [-0.3, -0.25) is 4.79 Å². The fourth-order valence-corrected chi connectivity index (χ4v) is 2.29. The van der Waals surface area contributed by atoms with Gasteiger partial charge in [0, 0.05) is 31.9 Å². The molecule has 0 unspecified atom stereocenters. The van der Waals surface area contributed by atoms with E-state index in [0.29, 0.717) is 5.57 Å². The van der Waals surface area contributed by atoms with E-state index in [9.17, 15) is 4.79 Å². The van der Waals surface area contributed by atoms with Crippen LogP contribution in [0.4, 0.5) is 0 Å². The third-order valence-corrected chi connectivity index (χ3v) is 3.26. The summed E-state index contributed by atoms with van der Waals surface area (Å²) in [6.07, 6.45) is 0. The van der Waals surface area contributed by atoms with Crippen LogP contribution in [0.3, 0.4) is 0 Å². The van der Waals surface area contributed by atoms with Crippen molar-refractivity contribution in [3.63, 3.8) is 0 Å². The van der Waals surface area contributed by atoms with E-state index in [1.165, 1.54) is 0 Å². The Hall–Kier alpha value is -1.81. The van der Waals surface area contributed by atoms with Gasteiger partial charge in [-0.2, -0.15) is 0 Å². The highest BCUT2D eigenvalue weighted by atomic mass is 16.1. The topological polar surface area (TPSA) is 58.4 Å². The van der Waals surface area contributed by atoms with Crippen LogP contribution in [0, 0.1) is 0 Å². The predicted octanol–water partition coefficient (Wildman–Crippen LogP) is 0.808. The number of hydrogen-bond donors (Lipinski definition) is 2. The summed E-state index contributed by atoms with van der Waals surface area (Å²) in [7, 11) is 0. The van der Waals surface area contributed by atoms with E-state index in [-0.39, 0.29) is 5.91 Å². The van der Waals surface area contributed by atoms with Crippen LogP contribution < -0.4 is 11.1 Å². The Bertz CT molecular complexity index is 447. The molecular formula is C14H19N3O. The zero-order valence-electron chi connectivity index (χ0n) is 10.6. The quantitative estimate of drug-likeness (QED) is 0.775. The fourth-order valence-electron chi connectivity index (χ4n) is 2.29. The van der Waals surface area contributed by atoms with Gasteiger partial charge in [-0.25, -0.2) is 0 Å². The van der Waals surface area contributed by atoms with Crippen LogP contribution >= 0.6 is 0 Å². The zero-order chi connectivity index (χ0) is 13.0. The van der Waals surface area contributed by atoms with Crippen molar-refractivity contribution < 1.29 is 4.79 Å². The normalized spacial score (nSPS) is 17.3. The van der Waals surface area contributed by atoms with Crippen molar-refractivity contribution >= 4 is 11.5 Å². The minimum Gasteiger partial charge on any atom is -0.372 e. The van der Waals surface area contributed by atoms with Gasteiger partial charge in [0.1, 0.15) is 0 Å². The molecule has 18 heavy (non-hydrogen) atoms. The molecule has 0 aromatic heterocycles. The van der Waals surface area contributed by atoms with Crippen LogP contribution in [0.25, 0.3) is 5.57 Å². The number of nitrogens with zero attached hydrogens (tertiary/aromatic N) is 1.